The summed E-state index contributed by atoms with van der Waals surface area (Å²) >= 11 is 0. The first-order valence-corrected chi connectivity index (χ1v) is 7.14. The van der Waals surface area contributed by atoms with E-state index in [1.165, 1.54) is 24.5 Å². The number of nitrogens with one attached hydrogen (secondary N) is 3. The zero-order chi connectivity index (χ0) is 17.8. The Balaban J connectivity index is 1.68. The summed E-state index contributed by atoms with van der Waals surface area (Å²) < 4.78 is 5.14. The first-order chi connectivity index (χ1) is 12.0. The van der Waals surface area contributed by atoms with Gasteiger partial charge < -0.3 is 4.42 Å². The molecule has 2 aromatic heterocycles. The molecule has 126 valence electrons. The van der Waals surface area contributed by atoms with E-state index in [0.29, 0.717) is 22.7 Å². The molecule has 1 aromatic carbocycles. The number of hydrogen-bond acceptors (Lipinski definition) is 6. The largest absolute Gasteiger partial charge is 0.463 e. The van der Waals surface area contributed by atoms with Gasteiger partial charge in [0.1, 0.15) is 5.69 Å². The van der Waals surface area contributed by atoms with Crippen molar-refractivity contribution in [3.8, 4) is 11.3 Å². The Morgan fingerprint density at radius 1 is 1.24 bits per heavy atom. The van der Waals surface area contributed by atoms with Crippen molar-refractivity contribution in [2.24, 2.45) is 0 Å². The van der Waals surface area contributed by atoms with Crippen LogP contribution in [0.25, 0.3) is 17.0 Å². The summed E-state index contributed by atoms with van der Waals surface area (Å²) in [5.74, 6) is 0.0130. The maximum atomic E-state index is 12.1. The normalized spacial score (nSPS) is 10.2. The third-order valence-electron chi connectivity index (χ3n) is 3.32. The highest BCUT2D eigenvalue weighted by Gasteiger charge is 2.13. The minimum atomic E-state index is -0.492. The molecule has 0 radical (unpaired) electrons. The zero-order valence-electron chi connectivity index (χ0n) is 12.9. The Morgan fingerprint density at radius 2 is 2.08 bits per heavy atom. The van der Waals surface area contributed by atoms with E-state index in [-0.39, 0.29) is 11.4 Å². The summed E-state index contributed by atoms with van der Waals surface area (Å²) in [5, 5.41) is 17.4. The van der Waals surface area contributed by atoms with Crippen LogP contribution in [0.15, 0.2) is 59.7 Å². The molecule has 1 amide bonds. The molecule has 0 bridgehead atoms. The van der Waals surface area contributed by atoms with Crippen molar-refractivity contribution in [3.05, 3.63) is 76.9 Å². The van der Waals surface area contributed by atoms with Crippen LogP contribution >= 0.6 is 0 Å². The van der Waals surface area contributed by atoms with Crippen LogP contribution in [-0.2, 0) is 0 Å². The fourth-order valence-corrected chi connectivity index (χ4v) is 2.08. The Hall–Kier alpha value is -3.88. The smallest absolute Gasteiger partial charge is 0.287 e. The van der Waals surface area contributed by atoms with E-state index in [0.717, 1.165) is 0 Å². The van der Waals surface area contributed by atoms with Gasteiger partial charge in [-0.25, -0.2) is 0 Å². The second kappa shape index (κ2) is 6.71. The number of non-ortho nitro benzene ring substituents is 1. The first kappa shape index (κ1) is 16.0. The van der Waals surface area contributed by atoms with E-state index in [4.69, 9.17) is 4.42 Å². The second-order valence-corrected chi connectivity index (χ2v) is 5.01. The molecule has 0 unspecified atom stereocenters. The molecule has 0 fully saturated rings. The van der Waals surface area contributed by atoms with Crippen molar-refractivity contribution in [2.75, 3.05) is 0 Å². The molecule has 0 spiro atoms. The predicted octanol–water partition coefficient (Wildman–Crippen LogP) is 2.48. The van der Waals surface area contributed by atoms with E-state index in [2.05, 4.69) is 27.6 Å². The van der Waals surface area contributed by atoms with Crippen molar-refractivity contribution >= 4 is 17.3 Å². The standard InChI is InChI=1S/C16H13N5O4/c1-10(15-6-3-7-25-15)17-20-16(22)14-9-13(18-19-14)11-4-2-5-12(8-11)21(23)24/h2-9,17H,1H2,(H,18,19)(H,20,22). The molecule has 3 aromatic rings. The second-order valence-electron chi connectivity index (χ2n) is 5.01. The average molecular weight is 339 g/mol. The Bertz CT molecular complexity index is 930. The van der Waals surface area contributed by atoms with Crippen molar-refractivity contribution in [2.45, 2.75) is 0 Å². The molecular weight excluding hydrogens is 326 g/mol. The number of carbonyl (C=O) groups excluding carboxylic acids is 1. The fraction of sp³-hybridized carbons (Fsp3) is 0. The fourth-order valence-electron chi connectivity index (χ4n) is 2.08. The summed E-state index contributed by atoms with van der Waals surface area (Å²) in [5.41, 5.74) is 6.54. The number of amides is 1. The Morgan fingerprint density at radius 3 is 2.80 bits per heavy atom. The quantitative estimate of drug-likeness (QED) is 0.468. The van der Waals surface area contributed by atoms with Gasteiger partial charge in [0, 0.05) is 17.7 Å². The molecule has 2 heterocycles. The molecule has 9 heteroatoms. The number of nitrogens with zero attached hydrogens (tertiary/aromatic N) is 2. The van der Waals surface area contributed by atoms with Gasteiger partial charge in [0.15, 0.2) is 5.76 Å². The van der Waals surface area contributed by atoms with E-state index in [9.17, 15) is 14.9 Å². The molecule has 0 aliphatic heterocycles. The number of rotatable bonds is 6. The summed E-state index contributed by atoms with van der Waals surface area (Å²) in [7, 11) is 0. The van der Waals surface area contributed by atoms with Gasteiger partial charge in [-0.05, 0) is 18.2 Å². The van der Waals surface area contributed by atoms with E-state index >= 15 is 0 Å². The highest BCUT2D eigenvalue weighted by atomic mass is 16.6. The number of H-pyrrole nitrogens is 1. The molecule has 3 rings (SSSR count). The van der Waals surface area contributed by atoms with Crippen LogP contribution in [0.5, 0.6) is 0 Å². The number of carbonyl (C=O) groups is 1. The number of hydrogen-bond donors (Lipinski definition) is 3. The number of furan rings is 1. The number of benzene rings is 1. The van der Waals surface area contributed by atoms with Gasteiger partial charge in [-0.15, -0.1) is 0 Å². The van der Waals surface area contributed by atoms with Crippen molar-refractivity contribution in [1.82, 2.24) is 21.0 Å². The van der Waals surface area contributed by atoms with Gasteiger partial charge in [-0.2, -0.15) is 5.10 Å². The van der Waals surface area contributed by atoms with Crippen LogP contribution in [0.2, 0.25) is 0 Å². The Kier molecular flexibility index (Phi) is 4.29. The van der Waals surface area contributed by atoms with Gasteiger partial charge >= 0.3 is 0 Å². The first-order valence-electron chi connectivity index (χ1n) is 7.14. The molecule has 25 heavy (non-hydrogen) atoms. The highest BCUT2D eigenvalue weighted by Crippen LogP contribution is 2.22. The molecule has 0 aliphatic rings. The highest BCUT2D eigenvalue weighted by molar-refractivity contribution is 5.93. The maximum Gasteiger partial charge on any atom is 0.287 e. The minimum Gasteiger partial charge on any atom is -0.463 e. The van der Waals surface area contributed by atoms with E-state index < -0.39 is 10.8 Å². The summed E-state index contributed by atoms with van der Waals surface area (Å²) in [6.07, 6.45) is 1.49. The van der Waals surface area contributed by atoms with E-state index in [1.54, 1.807) is 24.3 Å². The molecule has 0 aliphatic carbocycles. The molecule has 0 atom stereocenters. The van der Waals surface area contributed by atoms with Crippen molar-refractivity contribution < 1.29 is 14.1 Å². The van der Waals surface area contributed by atoms with Crippen molar-refractivity contribution in [1.29, 1.82) is 0 Å². The lowest BCUT2D eigenvalue weighted by molar-refractivity contribution is -0.384. The van der Waals surface area contributed by atoms with Crippen molar-refractivity contribution in [3.63, 3.8) is 0 Å². The minimum absolute atomic E-state index is 0.0529. The third-order valence-corrected chi connectivity index (χ3v) is 3.32. The maximum absolute atomic E-state index is 12.1. The van der Waals surface area contributed by atoms with Crippen LogP contribution in [0.1, 0.15) is 16.2 Å². The van der Waals surface area contributed by atoms with Gasteiger partial charge in [-0.3, -0.25) is 30.9 Å². The third kappa shape index (κ3) is 3.55. The van der Waals surface area contributed by atoms with Crippen LogP contribution in [0.4, 0.5) is 5.69 Å². The molecule has 3 N–H and O–H groups in total. The summed E-state index contributed by atoms with van der Waals surface area (Å²) in [4.78, 5) is 22.5. The number of aromatic nitrogens is 2. The van der Waals surface area contributed by atoms with Gasteiger partial charge in [0.2, 0.25) is 0 Å². The van der Waals surface area contributed by atoms with Gasteiger partial charge in [-0.1, -0.05) is 18.7 Å². The molecular formula is C16H13N5O4. The molecule has 0 saturated carbocycles. The number of aromatic amines is 1. The van der Waals surface area contributed by atoms with Crippen LogP contribution in [0.3, 0.4) is 0 Å². The summed E-state index contributed by atoms with van der Waals surface area (Å²) in [6, 6.07) is 10.9. The average Bonchev–Trinajstić information content (AvgIpc) is 3.31. The van der Waals surface area contributed by atoms with E-state index in [1.807, 2.05) is 0 Å². The van der Waals surface area contributed by atoms with Gasteiger partial charge in [0.25, 0.3) is 11.6 Å². The zero-order valence-corrected chi connectivity index (χ0v) is 12.9. The van der Waals surface area contributed by atoms with Crippen LogP contribution < -0.4 is 10.9 Å². The molecule has 9 nitrogen and oxygen atoms in total. The van der Waals surface area contributed by atoms with Crippen LogP contribution in [0, 0.1) is 10.1 Å². The van der Waals surface area contributed by atoms with Crippen LogP contribution in [-0.4, -0.2) is 21.0 Å². The number of nitro groups is 1. The Labute approximate surface area is 141 Å². The predicted molar refractivity (Wildman–Crippen MR) is 89.0 cm³/mol. The topological polar surface area (TPSA) is 126 Å². The monoisotopic (exact) mass is 339 g/mol. The lowest BCUT2D eigenvalue weighted by Gasteiger charge is -2.07. The lowest BCUT2D eigenvalue weighted by atomic mass is 10.1. The summed E-state index contributed by atoms with van der Waals surface area (Å²) in [6.45, 7) is 3.73. The molecule has 0 saturated heterocycles. The van der Waals surface area contributed by atoms with Gasteiger partial charge in [0.05, 0.1) is 22.6 Å². The SMILES string of the molecule is C=C(NNC(=O)c1cc(-c2cccc([N+](=O)[O-])c2)n[nH]1)c1ccco1. The number of nitro benzene ring substituents is 1. The lowest BCUT2D eigenvalue weighted by Crippen LogP contribution is -2.35. The number of hydrazine groups is 1.